The maximum atomic E-state index is 6.04. The van der Waals surface area contributed by atoms with Gasteiger partial charge in [-0.25, -0.2) is 15.0 Å². The molecule has 0 saturated carbocycles. The number of aromatic nitrogens is 4. The Labute approximate surface area is 133 Å². The van der Waals surface area contributed by atoms with Crippen molar-refractivity contribution in [3.63, 3.8) is 0 Å². The molecule has 1 saturated heterocycles. The zero-order valence-electron chi connectivity index (χ0n) is 12.9. The number of hydrogen-bond donors (Lipinski definition) is 2. The summed E-state index contributed by atoms with van der Waals surface area (Å²) in [5, 5.41) is 0.985. The number of nitrogen functional groups attached to an aromatic ring is 1. The molecule has 0 radical (unpaired) electrons. The first-order valence-corrected chi connectivity index (χ1v) is 7.64. The Balaban J connectivity index is 1.82. The van der Waals surface area contributed by atoms with Crippen molar-refractivity contribution in [1.29, 1.82) is 0 Å². The number of aromatic amines is 1. The van der Waals surface area contributed by atoms with E-state index in [-0.39, 0.29) is 6.04 Å². The van der Waals surface area contributed by atoms with E-state index in [1.54, 1.807) is 6.20 Å². The van der Waals surface area contributed by atoms with E-state index in [0.29, 0.717) is 24.9 Å². The van der Waals surface area contributed by atoms with Gasteiger partial charge < -0.3 is 20.4 Å². The standard InChI is InChI=1S/C16H18N6O/c1-10-9-23-7-6-22(10)14-8-13(17)20-16(21-14)12-3-5-19-15-11(12)2-4-18-15/h2-5,8,10H,6-7,9H2,1H3,(H,18,19)(H2,17,20,21). The number of nitrogens with two attached hydrogens (primary N) is 1. The molecule has 7 nitrogen and oxygen atoms in total. The lowest BCUT2D eigenvalue weighted by atomic mass is 10.1. The molecular weight excluding hydrogens is 292 g/mol. The molecule has 0 aromatic carbocycles. The third kappa shape index (κ3) is 2.49. The van der Waals surface area contributed by atoms with Crippen LogP contribution in [0.4, 0.5) is 11.6 Å². The molecule has 1 unspecified atom stereocenters. The number of fused-ring (bicyclic) bond motifs is 1. The fourth-order valence-corrected chi connectivity index (χ4v) is 2.94. The van der Waals surface area contributed by atoms with Crippen molar-refractivity contribution >= 4 is 22.7 Å². The minimum absolute atomic E-state index is 0.260. The Hall–Kier alpha value is -2.67. The summed E-state index contributed by atoms with van der Waals surface area (Å²) < 4.78 is 5.50. The van der Waals surface area contributed by atoms with Crippen LogP contribution in [0.15, 0.2) is 30.6 Å². The summed E-state index contributed by atoms with van der Waals surface area (Å²) in [5.74, 6) is 1.92. The van der Waals surface area contributed by atoms with Crippen molar-refractivity contribution in [2.75, 3.05) is 30.4 Å². The van der Waals surface area contributed by atoms with Gasteiger partial charge in [-0.05, 0) is 19.1 Å². The van der Waals surface area contributed by atoms with Gasteiger partial charge in [0.05, 0.1) is 19.3 Å². The van der Waals surface area contributed by atoms with Crippen molar-refractivity contribution < 1.29 is 4.74 Å². The molecule has 3 N–H and O–H groups in total. The van der Waals surface area contributed by atoms with Gasteiger partial charge in [-0.1, -0.05) is 0 Å². The molecule has 1 aliphatic heterocycles. The monoisotopic (exact) mass is 310 g/mol. The molecular formula is C16H18N6O. The van der Waals surface area contributed by atoms with E-state index in [1.165, 1.54) is 0 Å². The molecule has 3 aromatic rings. The van der Waals surface area contributed by atoms with Crippen LogP contribution in [0.1, 0.15) is 6.92 Å². The first-order valence-electron chi connectivity index (χ1n) is 7.64. The number of rotatable bonds is 2. The topological polar surface area (TPSA) is 93.0 Å². The van der Waals surface area contributed by atoms with Crippen LogP contribution in [0.5, 0.6) is 0 Å². The first-order chi connectivity index (χ1) is 11.2. The van der Waals surface area contributed by atoms with Crippen LogP contribution in [-0.2, 0) is 4.74 Å². The number of morpholine rings is 1. The normalized spacial score (nSPS) is 18.5. The van der Waals surface area contributed by atoms with E-state index < -0.39 is 0 Å². The van der Waals surface area contributed by atoms with Crippen LogP contribution in [0.25, 0.3) is 22.4 Å². The van der Waals surface area contributed by atoms with Gasteiger partial charge in [0.2, 0.25) is 0 Å². The highest BCUT2D eigenvalue weighted by Crippen LogP contribution is 2.28. The van der Waals surface area contributed by atoms with E-state index in [9.17, 15) is 0 Å². The second-order valence-electron chi connectivity index (χ2n) is 5.69. The number of nitrogens with zero attached hydrogens (tertiary/aromatic N) is 4. The molecule has 1 fully saturated rings. The molecule has 118 valence electrons. The van der Waals surface area contributed by atoms with Crippen LogP contribution in [0.3, 0.4) is 0 Å². The molecule has 0 bridgehead atoms. The Morgan fingerprint density at radius 3 is 3.13 bits per heavy atom. The number of nitrogens with one attached hydrogen (secondary N) is 1. The van der Waals surface area contributed by atoms with Crippen LogP contribution in [-0.4, -0.2) is 45.7 Å². The number of anilines is 2. The molecule has 0 aliphatic carbocycles. The smallest absolute Gasteiger partial charge is 0.164 e. The maximum Gasteiger partial charge on any atom is 0.164 e. The van der Waals surface area contributed by atoms with Crippen molar-refractivity contribution in [2.24, 2.45) is 0 Å². The number of ether oxygens (including phenoxy) is 1. The maximum absolute atomic E-state index is 6.04. The van der Waals surface area contributed by atoms with E-state index in [0.717, 1.165) is 29.0 Å². The molecule has 4 heterocycles. The molecule has 1 aliphatic rings. The SMILES string of the molecule is CC1COCCN1c1cc(N)nc(-c2ccnc3[nH]ccc23)n1. The first kappa shape index (κ1) is 14.0. The number of hydrogen-bond acceptors (Lipinski definition) is 6. The summed E-state index contributed by atoms with van der Waals surface area (Å²) in [6.45, 7) is 4.30. The third-order valence-electron chi connectivity index (χ3n) is 4.10. The van der Waals surface area contributed by atoms with E-state index in [2.05, 4.69) is 26.8 Å². The van der Waals surface area contributed by atoms with Gasteiger partial charge in [0, 0.05) is 36.0 Å². The highest BCUT2D eigenvalue weighted by Gasteiger charge is 2.21. The fraction of sp³-hybridized carbons (Fsp3) is 0.312. The summed E-state index contributed by atoms with van der Waals surface area (Å²) >= 11 is 0. The van der Waals surface area contributed by atoms with Crippen LogP contribution in [0.2, 0.25) is 0 Å². The van der Waals surface area contributed by atoms with Gasteiger partial charge in [0.15, 0.2) is 5.82 Å². The average molecular weight is 310 g/mol. The predicted molar refractivity (Wildman–Crippen MR) is 89.2 cm³/mol. The molecule has 1 atom stereocenters. The lowest BCUT2D eigenvalue weighted by Gasteiger charge is -2.34. The van der Waals surface area contributed by atoms with Crippen LogP contribution in [0, 0.1) is 0 Å². The van der Waals surface area contributed by atoms with Gasteiger partial charge in [-0.2, -0.15) is 0 Å². The number of pyridine rings is 1. The van der Waals surface area contributed by atoms with Crippen molar-refractivity contribution in [2.45, 2.75) is 13.0 Å². The van der Waals surface area contributed by atoms with Crippen molar-refractivity contribution in [1.82, 2.24) is 19.9 Å². The van der Waals surface area contributed by atoms with E-state index in [1.807, 2.05) is 24.4 Å². The van der Waals surface area contributed by atoms with Gasteiger partial charge in [-0.3, -0.25) is 0 Å². The Kier molecular flexibility index (Phi) is 3.34. The summed E-state index contributed by atoms with van der Waals surface area (Å²) in [7, 11) is 0. The van der Waals surface area contributed by atoms with Gasteiger partial charge in [-0.15, -0.1) is 0 Å². The average Bonchev–Trinajstić information content (AvgIpc) is 3.03. The second-order valence-corrected chi connectivity index (χ2v) is 5.69. The summed E-state index contributed by atoms with van der Waals surface area (Å²) in [4.78, 5) is 18.8. The molecule has 23 heavy (non-hydrogen) atoms. The molecule has 0 spiro atoms. The molecule has 7 heteroatoms. The quantitative estimate of drug-likeness (QED) is 0.750. The molecule has 0 amide bonds. The highest BCUT2D eigenvalue weighted by atomic mass is 16.5. The zero-order valence-corrected chi connectivity index (χ0v) is 12.9. The summed E-state index contributed by atoms with van der Waals surface area (Å²) in [5.41, 5.74) is 7.77. The lowest BCUT2D eigenvalue weighted by Crippen LogP contribution is -2.44. The molecule has 4 rings (SSSR count). The minimum atomic E-state index is 0.260. The van der Waals surface area contributed by atoms with Crippen LogP contribution < -0.4 is 10.6 Å². The largest absolute Gasteiger partial charge is 0.384 e. The fourth-order valence-electron chi connectivity index (χ4n) is 2.94. The number of H-pyrrole nitrogens is 1. The minimum Gasteiger partial charge on any atom is -0.384 e. The third-order valence-corrected chi connectivity index (χ3v) is 4.10. The Morgan fingerprint density at radius 1 is 1.35 bits per heavy atom. The van der Waals surface area contributed by atoms with Crippen molar-refractivity contribution in [3.05, 3.63) is 30.6 Å². The lowest BCUT2D eigenvalue weighted by molar-refractivity contribution is 0.0985. The second kappa shape index (κ2) is 5.51. The zero-order chi connectivity index (χ0) is 15.8. The summed E-state index contributed by atoms with van der Waals surface area (Å²) in [6.07, 6.45) is 3.61. The Morgan fingerprint density at radius 2 is 2.26 bits per heavy atom. The van der Waals surface area contributed by atoms with E-state index >= 15 is 0 Å². The van der Waals surface area contributed by atoms with E-state index in [4.69, 9.17) is 15.5 Å². The van der Waals surface area contributed by atoms with Crippen molar-refractivity contribution in [3.8, 4) is 11.4 Å². The molecule has 3 aromatic heterocycles. The highest BCUT2D eigenvalue weighted by molar-refractivity contribution is 5.91. The van der Waals surface area contributed by atoms with Gasteiger partial charge in [0.25, 0.3) is 0 Å². The summed E-state index contributed by atoms with van der Waals surface area (Å²) in [6, 6.07) is 5.97. The van der Waals surface area contributed by atoms with Gasteiger partial charge >= 0.3 is 0 Å². The van der Waals surface area contributed by atoms with Crippen LogP contribution >= 0.6 is 0 Å². The Bertz CT molecular complexity index is 845. The van der Waals surface area contributed by atoms with Gasteiger partial charge in [0.1, 0.15) is 17.3 Å². The predicted octanol–water partition coefficient (Wildman–Crippen LogP) is 1.83.